The maximum Gasteiger partial charge on any atom is 0.339 e. The van der Waals surface area contributed by atoms with Gasteiger partial charge in [-0.25, -0.2) is 9.78 Å². The van der Waals surface area contributed by atoms with Crippen LogP contribution in [0.1, 0.15) is 17.3 Å². The van der Waals surface area contributed by atoms with Crippen LogP contribution in [0.15, 0.2) is 22.7 Å². The molecule has 15 heavy (non-hydrogen) atoms. The molecule has 0 atom stereocenters. The van der Waals surface area contributed by atoms with Crippen molar-refractivity contribution in [3.05, 3.63) is 27.7 Å². The van der Waals surface area contributed by atoms with E-state index < -0.39 is 0 Å². The topological polar surface area (TPSA) is 52.3 Å². The maximum atomic E-state index is 11.4. The van der Waals surface area contributed by atoms with Crippen LogP contribution in [-0.4, -0.2) is 17.6 Å². The molecule has 0 spiro atoms. The van der Waals surface area contributed by atoms with Gasteiger partial charge in [0, 0.05) is 11.6 Å². The van der Waals surface area contributed by atoms with E-state index in [0.29, 0.717) is 17.9 Å². The molecule has 2 aromatic rings. The number of nitrogens with zero attached hydrogens (tertiary/aromatic N) is 1. The standard InChI is InChI=1S/C10H8INO3/c1-2-14-10(13)7-3-6-4-8(11)15-9(6)12-5-7/h3-5H,2H2,1H3. The van der Waals surface area contributed by atoms with Gasteiger partial charge >= 0.3 is 5.97 Å². The lowest BCUT2D eigenvalue weighted by atomic mass is 10.2. The molecule has 2 aromatic heterocycles. The number of aromatic nitrogens is 1. The number of hydrogen-bond donors (Lipinski definition) is 0. The van der Waals surface area contributed by atoms with Crippen LogP contribution in [0.25, 0.3) is 11.1 Å². The van der Waals surface area contributed by atoms with Gasteiger partial charge in [0.1, 0.15) is 0 Å². The van der Waals surface area contributed by atoms with Gasteiger partial charge in [-0.3, -0.25) is 0 Å². The zero-order chi connectivity index (χ0) is 10.8. The highest BCUT2D eigenvalue weighted by atomic mass is 127. The van der Waals surface area contributed by atoms with E-state index in [4.69, 9.17) is 9.15 Å². The Labute approximate surface area is 99.8 Å². The van der Waals surface area contributed by atoms with Crippen LogP contribution in [0.4, 0.5) is 0 Å². The van der Waals surface area contributed by atoms with Gasteiger partial charge in [0.2, 0.25) is 5.71 Å². The summed E-state index contributed by atoms with van der Waals surface area (Å²) in [5.74, 6) is -0.358. The van der Waals surface area contributed by atoms with Crippen LogP contribution in [0.3, 0.4) is 0 Å². The highest BCUT2D eigenvalue weighted by Gasteiger charge is 2.10. The van der Waals surface area contributed by atoms with Gasteiger partial charge in [-0.2, -0.15) is 0 Å². The Morgan fingerprint density at radius 2 is 2.40 bits per heavy atom. The number of furan rings is 1. The van der Waals surface area contributed by atoms with Crippen molar-refractivity contribution in [2.24, 2.45) is 0 Å². The Kier molecular flexibility index (Phi) is 2.90. The first-order valence-corrected chi connectivity index (χ1v) is 5.51. The summed E-state index contributed by atoms with van der Waals surface area (Å²) in [5, 5.41) is 0.810. The van der Waals surface area contributed by atoms with Crippen molar-refractivity contribution in [3.63, 3.8) is 0 Å². The number of carbonyl (C=O) groups is 1. The van der Waals surface area contributed by atoms with E-state index >= 15 is 0 Å². The van der Waals surface area contributed by atoms with E-state index in [-0.39, 0.29) is 5.97 Å². The van der Waals surface area contributed by atoms with Gasteiger partial charge in [0.05, 0.1) is 12.2 Å². The number of esters is 1. The monoisotopic (exact) mass is 317 g/mol. The van der Waals surface area contributed by atoms with Gasteiger partial charge in [0.15, 0.2) is 3.77 Å². The molecule has 78 valence electrons. The van der Waals surface area contributed by atoms with Gasteiger partial charge in [0.25, 0.3) is 0 Å². The van der Waals surface area contributed by atoms with E-state index in [1.165, 1.54) is 6.20 Å². The van der Waals surface area contributed by atoms with Crippen molar-refractivity contribution in [1.82, 2.24) is 4.98 Å². The maximum absolute atomic E-state index is 11.4. The molecule has 5 heteroatoms. The Hall–Kier alpha value is -1.11. The van der Waals surface area contributed by atoms with E-state index in [9.17, 15) is 4.79 Å². The van der Waals surface area contributed by atoms with Crippen LogP contribution in [0.5, 0.6) is 0 Å². The highest BCUT2D eigenvalue weighted by Crippen LogP contribution is 2.19. The predicted octanol–water partition coefficient (Wildman–Crippen LogP) is 2.61. The molecule has 0 amide bonds. The molecule has 0 N–H and O–H groups in total. The summed E-state index contributed by atoms with van der Waals surface area (Å²) in [5.41, 5.74) is 0.981. The molecular formula is C10H8INO3. The summed E-state index contributed by atoms with van der Waals surface area (Å²) >= 11 is 2.06. The first kappa shape index (κ1) is 10.4. The second-order valence-electron chi connectivity index (χ2n) is 2.89. The largest absolute Gasteiger partial charge is 0.462 e. The summed E-state index contributed by atoms with van der Waals surface area (Å²) in [6.07, 6.45) is 1.46. The summed E-state index contributed by atoms with van der Waals surface area (Å²) in [6, 6.07) is 3.54. The molecule has 0 fully saturated rings. The van der Waals surface area contributed by atoms with E-state index in [1.54, 1.807) is 13.0 Å². The fraction of sp³-hybridized carbons (Fsp3) is 0.200. The molecule has 2 heterocycles. The average Bonchev–Trinajstić information content (AvgIpc) is 2.57. The summed E-state index contributed by atoms with van der Waals surface area (Å²) in [6.45, 7) is 2.13. The third-order valence-corrected chi connectivity index (χ3v) is 2.38. The normalized spacial score (nSPS) is 10.5. The van der Waals surface area contributed by atoms with Crippen LogP contribution in [0.2, 0.25) is 0 Å². The van der Waals surface area contributed by atoms with Gasteiger partial charge in [-0.05, 0) is 41.6 Å². The molecular weight excluding hydrogens is 309 g/mol. The van der Waals surface area contributed by atoms with E-state index in [2.05, 4.69) is 27.6 Å². The molecule has 0 aliphatic rings. The third kappa shape index (κ3) is 2.11. The minimum Gasteiger partial charge on any atom is -0.462 e. The molecule has 2 rings (SSSR count). The number of fused-ring (bicyclic) bond motifs is 1. The summed E-state index contributed by atoms with van der Waals surface area (Å²) < 4.78 is 10.9. The minimum absolute atomic E-state index is 0.358. The lowest BCUT2D eigenvalue weighted by molar-refractivity contribution is 0.0526. The van der Waals surface area contributed by atoms with Gasteiger partial charge in [-0.15, -0.1) is 0 Å². The van der Waals surface area contributed by atoms with Crippen molar-refractivity contribution in [2.45, 2.75) is 6.92 Å². The Bertz CT molecular complexity index is 506. The quantitative estimate of drug-likeness (QED) is 0.631. The molecule has 0 saturated carbocycles. The predicted molar refractivity (Wildman–Crippen MR) is 62.7 cm³/mol. The van der Waals surface area contributed by atoms with Gasteiger partial charge in [-0.1, -0.05) is 0 Å². The first-order chi connectivity index (χ1) is 7.20. The van der Waals surface area contributed by atoms with Crippen LogP contribution in [-0.2, 0) is 4.74 Å². The minimum atomic E-state index is -0.358. The number of ether oxygens (including phenoxy) is 1. The number of hydrogen-bond acceptors (Lipinski definition) is 4. The van der Waals surface area contributed by atoms with E-state index in [0.717, 1.165) is 9.15 Å². The molecule has 0 aromatic carbocycles. The van der Waals surface area contributed by atoms with Crippen LogP contribution in [0, 0.1) is 3.77 Å². The summed E-state index contributed by atoms with van der Waals surface area (Å²) in [4.78, 5) is 15.4. The molecule has 0 aliphatic carbocycles. The number of halogens is 1. The molecule has 0 aliphatic heterocycles. The number of pyridine rings is 1. The number of carbonyl (C=O) groups excluding carboxylic acids is 1. The summed E-state index contributed by atoms with van der Waals surface area (Å²) in [7, 11) is 0. The zero-order valence-electron chi connectivity index (χ0n) is 7.99. The van der Waals surface area contributed by atoms with Crippen molar-refractivity contribution in [1.29, 1.82) is 0 Å². The fourth-order valence-corrected chi connectivity index (χ4v) is 1.77. The van der Waals surface area contributed by atoms with Crippen molar-refractivity contribution < 1.29 is 13.9 Å². The second-order valence-corrected chi connectivity index (χ2v) is 3.95. The fourth-order valence-electron chi connectivity index (χ4n) is 1.23. The molecule has 0 unspecified atom stereocenters. The second kappa shape index (κ2) is 4.18. The first-order valence-electron chi connectivity index (χ1n) is 4.43. The van der Waals surface area contributed by atoms with Crippen molar-refractivity contribution in [3.8, 4) is 0 Å². The Morgan fingerprint density at radius 3 is 3.13 bits per heavy atom. The molecule has 0 saturated heterocycles. The Balaban J connectivity index is 2.41. The molecule has 0 bridgehead atoms. The van der Waals surface area contributed by atoms with Crippen LogP contribution < -0.4 is 0 Å². The van der Waals surface area contributed by atoms with Gasteiger partial charge < -0.3 is 9.15 Å². The molecule has 0 radical (unpaired) electrons. The highest BCUT2D eigenvalue weighted by molar-refractivity contribution is 14.1. The zero-order valence-corrected chi connectivity index (χ0v) is 10.1. The molecule has 4 nitrogen and oxygen atoms in total. The number of rotatable bonds is 2. The van der Waals surface area contributed by atoms with Crippen LogP contribution >= 0.6 is 22.6 Å². The third-order valence-electron chi connectivity index (χ3n) is 1.85. The lowest BCUT2D eigenvalue weighted by Gasteiger charge is -1.99. The van der Waals surface area contributed by atoms with Crippen molar-refractivity contribution in [2.75, 3.05) is 6.61 Å². The Morgan fingerprint density at radius 1 is 1.60 bits per heavy atom. The average molecular weight is 317 g/mol. The smallest absolute Gasteiger partial charge is 0.339 e. The lowest BCUT2D eigenvalue weighted by Crippen LogP contribution is -2.04. The SMILES string of the molecule is CCOC(=O)c1cnc2oc(I)cc2c1. The van der Waals surface area contributed by atoms with E-state index in [1.807, 2.05) is 6.07 Å². The van der Waals surface area contributed by atoms with Crippen molar-refractivity contribution >= 4 is 39.7 Å².